The molecule has 2 saturated heterocycles. The number of aromatic amines is 1. The molecule has 3 aliphatic rings. The zero-order valence-electron chi connectivity index (χ0n) is 26.6. The topological polar surface area (TPSA) is 128 Å². The van der Waals surface area contributed by atoms with Gasteiger partial charge in [-0.2, -0.15) is 0 Å². The van der Waals surface area contributed by atoms with E-state index in [9.17, 15) is 24.3 Å². The van der Waals surface area contributed by atoms with Crippen molar-refractivity contribution in [3.05, 3.63) is 92.7 Å². The summed E-state index contributed by atoms with van der Waals surface area (Å²) >= 11 is 3.60. The highest BCUT2D eigenvalue weighted by Gasteiger charge is 2.66. The molecule has 10 nitrogen and oxygen atoms in total. The maximum absolute atomic E-state index is 14.7. The van der Waals surface area contributed by atoms with Gasteiger partial charge >= 0.3 is 0 Å². The smallest absolute Gasteiger partial charge is 0.279 e. The molecular weight excluding hydrogens is 680 g/mol. The average molecular weight is 720 g/mol. The fraction of sp³-hybridized carbons (Fsp3) is 0.400. The third kappa shape index (κ3) is 5.21. The second-order valence-electron chi connectivity index (χ2n) is 13.6. The van der Waals surface area contributed by atoms with Crippen molar-refractivity contribution in [1.29, 1.82) is 0 Å². The molecule has 0 radical (unpaired) electrons. The maximum Gasteiger partial charge on any atom is 0.279 e. The summed E-state index contributed by atoms with van der Waals surface area (Å²) in [6.07, 6.45) is 0.969. The van der Waals surface area contributed by atoms with Crippen LogP contribution in [0.15, 0.2) is 76.0 Å². The van der Waals surface area contributed by atoms with Gasteiger partial charge in [0, 0.05) is 28.0 Å². The number of benzene rings is 3. The molecule has 0 unspecified atom stereocenters. The Morgan fingerprint density at radius 2 is 1.85 bits per heavy atom. The van der Waals surface area contributed by atoms with Crippen molar-refractivity contribution < 1.29 is 24.2 Å². The zero-order chi connectivity index (χ0) is 33.2. The Morgan fingerprint density at radius 1 is 1.11 bits per heavy atom. The second kappa shape index (κ2) is 11.8. The minimum Gasteiger partial charge on any atom is -0.432 e. The Labute approximate surface area is 282 Å². The van der Waals surface area contributed by atoms with E-state index in [1.54, 1.807) is 15.9 Å². The number of carbonyl (C=O) groups is 2. The number of anilines is 1. The third-order valence-electron chi connectivity index (χ3n) is 10.4. The van der Waals surface area contributed by atoms with Crippen molar-refractivity contribution in [2.45, 2.75) is 69.1 Å². The average Bonchev–Trinajstić information content (AvgIpc) is 3.78. The van der Waals surface area contributed by atoms with Gasteiger partial charge in [0.2, 0.25) is 5.91 Å². The number of likely N-dealkylation sites (tertiary alicyclic amines) is 1. The van der Waals surface area contributed by atoms with Crippen molar-refractivity contribution in [3.8, 4) is 5.69 Å². The number of fused-ring (bicyclic) bond motifs is 3. The zero-order valence-corrected chi connectivity index (χ0v) is 29.2. The van der Waals surface area contributed by atoms with Crippen molar-refractivity contribution in [2.75, 3.05) is 18.1 Å². The molecule has 0 aliphatic carbocycles. The fourth-order valence-corrected chi connectivity index (χ4v) is 11.1. The van der Waals surface area contributed by atoms with Crippen LogP contribution >= 0.6 is 15.9 Å². The number of halogens is 1. The van der Waals surface area contributed by atoms with Crippen molar-refractivity contribution in [3.63, 3.8) is 0 Å². The van der Waals surface area contributed by atoms with Crippen molar-refractivity contribution in [2.24, 2.45) is 5.92 Å². The summed E-state index contributed by atoms with van der Waals surface area (Å²) in [6, 6.07) is 20.4. The van der Waals surface area contributed by atoms with E-state index in [1.165, 1.54) is 4.68 Å². The summed E-state index contributed by atoms with van der Waals surface area (Å²) in [7, 11) is -2.95. The number of ether oxygens (including phenoxy) is 1. The summed E-state index contributed by atoms with van der Waals surface area (Å²) < 4.78 is 9.16. The first kappa shape index (κ1) is 32.0. The highest BCUT2D eigenvalue weighted by atomic mass is 79.9. The van der Waals surface area contributed by atoms with Gasteiger partial charge < -0.3 is 24.4 Å². The van der Waals surface area contributed by atoms with Crippen LogP contribution in [0.25, 0.3) is 16.6 Å². The van der Waals surface area contributed by atoms with Gasteiger partial charge in [-0.3, -0.25) is 19.5 Å². The Morgan fingerprint density at radius 3 is 2.55 bits per heavy atom. The van der Waals surface area contributed by atoms with Crippen molar-refractivity contribution in [1.82, 2.24) is 14.7 Å². The van der Waals surface area contributed by atoms with Crippen LogP contribution in [0.5, 0.6) is 0 Å². The molecule has 1 aromatic heterocycles. The monoisotopic (exact) mass is 718 g/mol. The maximum atomic E-state index is 14.7. The minimum atomic E-state index is -2.95. The summed E-state index contributed by atoms with van der Waals surface area (Å²) in [5.41, 5.74) is 1.86. The number of hydrogen-bond donors (Lipinski definition) is 3. The van der Waals surface area contributed by atoms with E-state index in [0.717, 1.165) is 39.6 Å². The number of para-hydroxylation sites is 1. The standard InChI is InChI=1S/C35H39BrN4O6Si/c1-21-32(47(2,3)45)30(18-31(42)38-16-6-7-25(38)20-41)46-35(21)27-17-23(36)12-15-29(27)39(34(35)44)19-22-10-13-24(14-11-22)40-33(43)26-8-4-5-9-28(26)37-40/h4-5,8-15,17,21,25,30,32,37,41,45H,6-7,16,18-20H2,1-3H3/t21-,25-,30+,32-,35+/m0/s1. The number of nitrogens with zero attached hydrogens (tertiary/aromatic N) is 3. The molecule has 3 aromatic carbocycles. The first-order valence-corrected chi connectivity index (χ1v) is 20.0. The van der Waals surface area contributed by atoms with Gasteiger partial charge in [0.25, 0.3) is 11.5 Å². The Hall–Kier alpha value is -3.55. The lowest BCUT2D eigenvalue weighted by atomic mass is 9.82. The van der Waals surface area contributed by atoms with Crippen LogP contribution in [0.1, 0.15) is 37.3 Å². The lowest BCUT2D eigenvalue weighted by molar-refractivity contribution is -0.150. The molecule has 0 saturated carbocycles. The summed E-state index contributed by atoms with van der Waals surface area (Å²) in [5, 5.41) is 13.6. The van der Waals surface area contributed by atoms with Gasteiger partial charge in [0.15, 0.2) is 13.9 Å². The van der Waals surface area contributed by atoms with Gasteiger partial charge in [-0.15, -0.1) is 0 Å². The lowest BCUT2D eigenvalue weighted by Gasteiger charge is -2.32. The number of nitrogens with one attached hydrogen (secondary N) is 1. The largest absolute Gasteiger partial charge is 0.432 e. The molecule has 3 aliphatic heterocycles. The highest BCUT2D eigenvalue weighted by Crippen LogP contribution is 2.60. The predicted molar refractivity (Wildman–Crippen MR) is 185 cm³/mol. The minimum absolute atomic E-state index is 0.0372. The van der Waals surface area contributed by atoms with E-state index >= 15 is 0 Å². The van der Waals surface area contributed by atoms with Crippen LogP contribution in [0.2, 0.25) is 18.6 Å². The number of aromatic nitrogens is 2. The highest BCUT2D eigenvalue weighted by molar-refractivity contribution is 9.10. The van der Waals surface area contributed by atoms with E-state index in [2.05, 4.69) is 21.0 Å². The van der Waals surface area contributed by atoms with Crippen LogP contribution in [0.3, 0.4) is 0 Å². The number of H-pyrrole nitrogens is 1. The molecular formula is C35H39BrN4O6Si. The molecule has 4 heterocycles. The molecule has 4 aromatic rings. The van der Waals surface area contributed by atoms with Crippen LogP contribution < -0.4 is 10.5 Å². The molecule has 246 valence electrons. The molecule has 2 fully saturated rings. The first-order chi connectivity index (χ1) is 22.4. The summed E-state index contributed by atoms with van der Waals surface area (Å²) in [5.74, 6) is -0.743. The van der Waals surface area contributed by atoms with E-state index in [4.69, 9.17) is 4.74 Å². The number of carbonyl (C=O) groups excluding carboxylic acids is 2. The van der Waals surface area contributed by atoms with E-state index < -0.39 is 25.9 Å². The second-order valence-corrected chi connectivity index (χ2v) is 18.5. The Balaban J connectivity index is 1.21. The van der Waals surface area contributed by atoms with E-state index in [-0.39, 0.29) is 48.5 Å². The van der Waals surface area contributed by atoms with Crippen LogP contribution in [0.4, 0.5) is 5.69 Å². The normalized spacial score (nSPS) is 25.8. The molecule has 2 amide bonds. The van der Waals surface area contributed by atoms with Crippen LogP contribution in [-0.4, -0.2) is 70.0 Å². The molecule has 5 atom stereocenters. The van der Waals surface area contributed by atoms with E-state index in [1.807, 2.05) is 80.7 Å². The number of aliphatic hydroxyl groups excluding tert-OH is 1. The molecule has 47 heavy (non-hydrogen) atoms. The van der Waals surface area contributed by atoms with Crippen molar-refractivity contribution >= 4 is 52.7 Å². The molecule has 1 spiro atoms. The fourth-order valence-electron chi connectivity index (χ4n) is 8.22. The van der Waals surface area contributed by atoms with E-state index in [0.29, 0.717) is 17.6 Å². The summed E-state index contributed by atoms with van der Waals surface area (Å²) in [6.45, 7) is 6.42. The van der Waals surface area contributed by atoms with Gasteiger partial charge in [-0.1, -0.05) is 47.1 Å². The number of amides is 2. The predicted octanol–water partition coefficient (Wildman–Crippen LogP) is 4.80. The Kier molecular flexibility index (Phi) is 8.07. The number of aliphatic hydroxyl groups is 1. The third-order valence-corrected chi connectivity index (χ3v) is 13.4. The molecule has 3 N–H and O–H groups in total. The lowest BCUT2D eigenvalue weighted by Crippen LogP contribution is -2.46. The van der Waals surface area contributed by atoms with Gasteiger partial charge in [-0.25, -0.2) is 4.68 Å². The molecule has 12 heteroatoms. The Bertz CT molecular complexity index is 1920. The summed E-state index contributed by atoms with van der Waals surface area (Å²) in [4.78, 5) is 56.4. The SMILES string of the molecule is C[C@H]1[C@H]([Si](C)(C)O)[C@@H](CC(=O)N2CCC[C@H]2CO)O[C@]12C(=O)N(Cc1ccc(-n3[nH]c4ccccc4c3=O)cc1)c1ccc(Br)cc12. The first-order valence-electron chi connectivity index (χ1n) is 16.2. The van der Waals surface area contributed by atoms with Gasteiger partial charge in [-0.05, 0) is 74.0 Å². The number of hydrogen-bond acceptors (Lipinski definition) is 6. The van der Waals surface area contributed by atoms with Crippen LogP contribution in [-0.2, 0) is 26.5 Å². The molecule has 7 rings (SSSR count). The number of rotatable bonds is 7. The van der Waals surface area contributed by atoms with Gasteiger partial charge in [0.1, 0.15) is 0 Å². The molecule has 0 bridgehead atoms. The van der Waals surface area contributed by atoms with Gasteiger partial charge in [0.05, 0.1) is 54.0 Å². The van der Waals surface area contributed by atoms with Crippen LogP contribution in [0, 0.1) is 5.92 Å². The quantitative estimate of drug-likeness (QED) is 0.236.